The summed E-state index contributed by atoms with van der Waals surface area (Å²) in [5, 5.41) is 37.1. The van der Waals surface area contributed by atoms with Crippen molar-refractivity contribution < 1.29 is 32.2 Å². The maximum Gasteiger partial charge on any atom is 0.274 e. The summed E-state index contributed by atoms with van der Waals surface area (Å²) >= 11 is 0. The summed E-state index contributed by atoms with van der Waals surface area (Å²) < 4.78 is 43.5. The summed E-state index contributed by atoms with van der Waals surface area (Å²) in [7, 11) is -1.15. The van der Waals surface area contributed by atoms with Crippen LogP contribution in [0.25, 0.3) is 0 Å². The normalized spacial score (nSPS) is 13.9. The Hall–Kier alpha value is -5.61. The molecule has 0 bridgehead atoms. The minimum atomic E-state index is -4.00. The average molecular weight is 605 g/mol. The quantitative estimate of drug-likeness (QED) is 0.281. The second-order valence-corrected chi connectivity index (χ2v) is 10.9. The first-order valence-corrected chi connectivity index (χ1v) is 14.1. The number of anilines is 3. The van der Waals surface area contributed by atoms with E-state index in [0.717, 1.165) is 5.12 Å². The van der Waals surface area contributed by atoms with Crippen LogP contribution in [0, 0.1) is 10.4 Å². The summed E-state index contributed by atoms with van der Waals surface area (Å²) in [5.74, 6) is 0.115. The average Bonchev–Trinajstić information content (AvgIpc) is 3.56. The predicted octanol–water partition coefficient (Wildman–Crippen LogP) is 2.76. The van der Waals surface area contributed by atoms with Gasteiger partial charge in [0.25, 0.3) is 21.6 Å². The number of ether oxygens (including phenoxy) is 2. The first kappa shape index (κ1) is 27.6. The van der Waals surface area contributed by atoms with Gasteiger partial charge in [-0.15, -0.1) is 5.10 Å². The predicted molar refractivity (Wildman–Crippen MR) is 153 cm³/mol. The fourth-order valence-corrected chi connectivity index (χ4v) is 5.59. The van der Waals surface area contributed by atoms with Crippen LogP contribution in [0.1, 0.15) is 21.7 Å². The number of rotatable bonds is 8. The van der Waals surface area contributed by atoms with Crippen molar-refractivity contribution in [1.29, 1.82) is 0 Å². The number of hydrogen-bond acceptors (Lipinski definition) is 12. The number of amides is 1. The Bertz CT molecular complexity index is 1920. The lowest BCUT2D eigenvalue weighted by Gasteiger charge is -2.34. The number of hydrogen-bond donors (Lipinski definition) is 2. The van der Waals surface area contributed by atoms with Crippen molar-refractivity contribution >= 4 is 38.7 Å². The zero-order valence-electron chi connectivity index (χ0n) is 22.5. The van der Waals surface area contributed by atoms with Gasteiger partial charge in [0.05, 0.1) is 36.2 Å². The number of sulfonamides is 1. The summed E-state index contributed by atoms with van der Waals surface area (Å²) in [6, 6.07) is 16.5. The Balaban J connectivity index is 1.19. The summed E-state index contributed by atoms with van der Waals surface area (Å²) in [6.45, 7) is 0. The highest BCUT2D eigenvalue weighted by Gasteiger charge is 2.37. The molecule has 2 aliphatic rings. The van der Waals surface area contributed by atoms with Crippen LogP contribution in [0.4, 0.5) is 17.1 Å². The monoisotopic (exact) mass is 604 g/mol. The molecule has 0 atom stereocenters. The molecule has 0 radical (unpaired) electrons. The van der Waals surface area contributed by atoms with Crippen molar-refractivity contribution in [2.75, 3.05) is 29.4 Å². The molecule has 220 valence electrons. The molecule has 1 amide bonds. The van der Waals surface area contributed by atoms with Gasteiger partial charge in [0, 0.05) is 28.9 Å². The van der Waals surface area contributed by atoms with Crippen LogP contribution in [-0.2, 0) is 16.4 Å². The molecule has 0 saturated carbocycles. The lowest BCUT2D eigenvalue weighted by Crippen LogP contribution is -2.32. The van der Waals surface area contributed by atoms with Gasteiger partial charge in [-0.3, -0.25) is 14.1 Å². The van der Waals surface area contributed by atoms with E-state index in [2.05, 4.69) is 24.9 Å². The molecule has 2 heterocycles. The SMILES string of the molecule is COc1ccc(S(=O)(=O)Nc2cccc(NC(=O)c3cccc(N4N=C5C(=CCc6c5no[n+]6[O-])N4[O-])c3)c2)cc1OC. The molecule has 1 aromatic heterocycles. The Morgan fingerprint density at radius 1 is 1.02 bits per heavy atom. The number of nitrogens with zero attached hydrogens (tertiary/aromatic N) is 5. The van der Waals surface area contributed by atoms with E-state index in [1.807, 2.05) is 0 Å². The maximum absolute atomic E-state index is 13.1. The molecule has 6 rings (SSSR count). The number of nitrogens with one attached hydrogen (secondary N) is 2. The van der Waals surface area contributed by atoms with Crippen LogP contribution < -0.4 is 29.5 Å². The van der Waals surface area contributed by atoms with Crippen LogP contribution in [0.2, 0.25) is 0 Å². The van der Waals surface area contributed by atoms with Gasteiger partial charge in [0.2, 0.25) is 5.69 Å². The van der Waals surface area contributed by atoms with Crippen molar-refractivity contribution in [3.63, 3.8) is 0 Å². The van der Waals surface area contributed by atoms with Crippen LogP contribution in [-0.4, -0.2) is 44.6 Å². The Labute approximate surface area is 244 Å². The molecule has 4 aromatic rings. The number of hydrazone groups is 1. The lowest BCUT2D eigenvalue weighted by atomic mass is 10.0. The Morgan fingerprint density at radius 2 is 1.79 bits per heavy atom. The van der Waals surface area contributed by atoms with Gasteiger partial charge >= 0.3 is 0 Å². The van der Waals surface area contributed by atoms with Crippen LogP contribution in [0.15, 0.2) is 93.1 Å². The number of aromatic nitrogens is 2. The zero-order valence-corrected chi connectivity index (χ0v) is 23.4. The van der Waals surface area contributed by atoms with Crippen molar-refractivity contribution in [3.05, 3.63) is 106 Å². The second kappa shape index (κ2) is 10.7. The van der Waals surface area contributed by atoms with E-state index in [0.29, 0.717) is 16.6 Å². The van der Waals surface area contributed by atoms with Gasteiger partial charge in [-0.25, -0.2) is 8.42 Å². The fraction of sp³-hybridized carbons (Fsp3) is 0.111. The highest BCUT2D eigenvalue weighted by Crippen LogP contribution is 2.33. The highest BCUT2D eigenvalue weighted by molar-refractivity contribution is 7.92. The molecule has 15 nitrogen and oxygen atoms in total. The molecule has 0 unspecified atom stereocenters. The minimum absolute atomic E-state index is 0.0445. The second-order valence-electron chi connectivity index (χ2n) is 9.24. The smallest absolute Gasteiger partial charge is 0.274 e. The number of carbonyl (C=O) groups excluding carboxylic acids is 1. The van der Waals surface area contributed by atoms with E-state index in [-0.39, 0.29) is 61.7 Å². The number of carbonyl (C=O) groups is 1. The topological polar surface area (TPSA) is 189 Å². The van der Waals surface area contributed by atoms with E-state index in [4.69, 9.17) is 9.47 Å². The van der Waals surface area contributed by atoms with Crippen molar-refractivity contribution in [2.24, 2.45) is 5.10 Å². The fourth-order valence-electron chi connectivity index (χ4n) is 4.53. The molecule has 1 aliphatic carbocycles. The van der Waals surface area contributed by atoms with Gasteiger partial charge in [-0.2, -0.15) is 5.12 Å². The van der Waals surface area contributed by atoms with Crippen LogP contribution in [0.5, 0.6) is 11.5 Å². The highest BCUT2D eigenvalue weighted by atomic mass is 32.2. The van der Waals surface area contributed by atoms with Gasteiger partial charge < -0.3 is 30.4 Å². The maximum atomic E-state index is 13.1. The molecular formula is C27H22N7O8S-. The third-order valence-corrected chi connectivity index (χ3v) is 7.98. The Morgan fingerprint density at radius 3 is 2.58 bits per heavy atom. The Kier molecular flexibility index (Phi) is 6.83. The number of allylic oxidation sites excluding steroid dienone is 2. The summed E-state index contributed by atoms with van der Waals surface area (Å²) in [6.07, 6.45) is 1.69. The third-order valence-electron chi connectivity index (χ3n) is 6.61. The van der Waals surface area contributed by atoms with Crippen molar-refractivity contribution in [1.82, 2.24) is 10.3 Å². The first-order chi connectivity index (χ1) is 20.7. The van der Waals surface area contributed by atoms with Gasteiger partial charge in [0.15, 0.2) is 17.2 Å². The van der Waals surface area contributed by atoms with Crippen LogP contribution in [0.3, 0.4) is 0 Å². The number of benzene rings is 3. The molecule has 0 fully saturated rings. The molecule has 0 saturated heterocycles. The number of methoxy groups -OCH3 is 2. The molecule has 16 heteroatoms. The van der Waals surface area contributed by atoms with E-state index >= 15 is 0 Å². The van der Waals surface area contributed by atoms with E-state index in [1.54, 1.807) is 36.4 Å². The summed E-state index contributed by atoms with van der Waals surface area (Å²) in [5.41, 5.74) is 1.78. The molecule has 2 N–H and O–H groups in total. The molecular weight excluding hydrogens is 582 g/mol. The van der Waals surface area contributed by atoms with Crippen LogP contribution >= 0.6 is 0 Å². The summed E-state index contributed by atoms with van der Waals surface area (Å²) in [4.78, 5) is 13.4. The minimum Gasteiger partial charge on any atom is -0.737 e. The van der Waals surface area contributed by atoms with Crippen molar-refractivity contribution in [3.8, 4) is 11.5 Å². The number of hydroxylamine groups is 1. The van der Waals surface area contributed by atoms with E-state index in [1.165, 1.54) is 50.6 Å². The van der Waals surface area contributed by atoms with E-state index < -0.39 is 15.9 Å². The van der Waals surface area contributed by atoms with Gasteiger partial charge in [-0.05, 0) is 59.5 Å². The van der Waals surface area contributed by atoms with Crippen molar-refractivity contribution in [2.45, 2.75) is 11.3 Å². The number of fused-ring (bicyclic) bond motifs is 3. The third kappa shape index (κ3) is 5.04. The standard InChI is InChI=1S/C27H22N7O8S/c1-40-23-12-9-20(15-24(23)41-2)43(38,39)31-18-7-4-6-17(14-18)28-27(35)16-5-3-8-19(13-16)32-29-25-21(33(32)36)10-11-22-26(25)30-42-34(22)37/h3-10,12-15,31H,11H2,1-2H3,(H,28,35)/q-1. The largest absolute Gasteiger partial charge is 0.737 e. The first-order valence-electron chi connectivity index (χ1n) is 12.6. The van der Waals surface area contributed by atoms with E-state index in [9.17, 15) is 23.6 Å². The molecule has 0 spiro atoms. The molecule has 1 aliphatic heterocycles. The zero-order chi connectivity index (χ0) is 30.3. The molecule has 43 heavy (non-hydrogen) atoms. The van der Waals surface area contributed by atoms with Gasteiger partial charge in [-0.1, -0.05) is 12.1 Å². The molecule has 3 aromatic carbocycles. The van der Waals surface area contributed by atoms with Gasteiger partial charge in [0.1, 0.15) is 0 Å². The number of hydrazine groups is 1. The lowest BCUT2D eigenvalue weighted by molar-refractivity contribution is -0.807.